The highest BCUT2D eigenvalue weighted by Crippen LogP contribution is 2.34. The van der Waals surface area contributed by atoms with Gasteiger partial charge in [-0.05, 0) is 84.0 Å². The van der Waals surface area contributed by atoms with Crippen molar-refractivity contribution in [3.63, 3.8) is 0 Å². The average Bonchev–Trinajstić information content (AvgIpc) is 3.40. The number of hydrogen-bond donors (Lipinski definition) is 1. The molecule has 0 saturated carbocycles. The number of H-pyrrole nitrogens is 1. The minimum atomic E-state index is -0.456. The van der Waals surface area contributed by atoms with Gasteiger partial charge in [-0.3, -0.25) is 9.69 Å². The molecule has 1 aliphatic heterocycles. The molecule has 1 unspecified atom stereocenters. The van der Waals surface area contributed by atoms with Crippen molar-refractivity contribution in [2.75, 3.05) is 20.2 Å². The van der Waals surface area contributed by atoms with Crippen LogP contribution in [0.25, 0.3) is 16.5 Å². The predicted molar refractivity (Wildman–Crippen MR) is 141 cm³/mol. The van der Waals surface area contributed by atoms with Crippen LogP contribution in [0.3, 0.4) is 0 Å². The summed E-state index contributed by atoms with van der Waals surface area (Å²) in [5, 5.41) is 13.7. The van der Waals surface area contributed by atoms with E-state index in [1.807, 2.05) is 28.9 Å². The van der Waals surface area contributed by atoms with E-state index in [0.717, 1.165) is 29.4 Å². The van der Waals surface area contributed by atoms with E-state index in [9.17, 15) is 9.18 Å². The normalized spacial score (nSPS) is 15.5. The van der Waals surface area contributed by atoms with Crippen LogP contribution in [0.2, 0.25) is 0 Å². The van der Waals surface area contributed by atoms with Crippen LogP contribution < -0.4 is 10.3 Å². The van der Waals surface area contributed by atoms with Crippen LogP contribution >= 0.6 is 0 Å². The number of rotatable bonds is 7. The fourth-order valence-corrected chi connectivity index (χ4v) is 4.82. The zero-order valence-electron chi connectivity index (χ0n) is 21.5. The summed E-state index contributed by atoms with van der Waals surface area (Å²) in [6.45, 7) is 7.55. The zero-order chi connectivity index (χ0) is 26.2. The van der Waals surface area contributed by atoms with Crippen molar-refractivity contribution >= 4 is 16.5 Å². The number of aromatic amines is 1. The molecule has 4 aromatic rings. The maximum Gasteiger partial charge on any atom is 0.253 e. The van der Waals surface area contributed by atoms with Crippen molar-refractivity contribution in [3.8, 4) is 5.75 Å². The molecule has 1 aliphatic rings. The molecule has 0 saturated heterocycles. The molecule has 192 valence electrons. The van der Waals surface area contributed by atoms with E-state index in [1.165, 1.54) is 12.1 Å². The molecule has 0 aliphatic carbocycles. The summed E-state index contributed by atoms with van der Waals surface area (Å²) in [5.41, 5.74) is 2.92. The molecule has 0 radical (unpaired) electrons. The number of nitrogens with one attached hydrogen (secondary N) is 1. The number of halogens is 1. The van der Waals surface area contributed by atoms with Crippen molar-refractivity contribution in [1.82, 2.24) is 30.1 Å². The molecule has 0 spiro atoms. The van der Waals surface area contributed by atoms with Crippen molar-refractivity contribution in [2.24, 2.45) is 0 Å². The fraction of sp³-hybridized carbons (Fsp3) is 0.357. The molecule has 5 rings (SSSR count). The van der Waals surface area contributed by atoms with Crippen LogP contribution in [-0.2, 0) is 5.54 Å². The van der Waals surface area contributed by atoms with Gasteiger partial charge >= 0.3 is 0 Å². The third-order valence-electron chi connectivity index (χ3n) is 7.37. The van der Waals surface area contributed by atoms with E-state index in [-0.39, 0.29) is 16.9 Å². The lowest BCUT2D eigenvalue weighted by Crippen LogP contribution is -2.40. The largest absolute Gasteiger partial charge is 0.497 e. The van der Waals surface area contributed by atoms with Crippen LogP contribution in [0.1, 0.15) is 56.6 Å². The van der Waals surface area contributed by atoms with Crippen LogP contribution in [0, 0.1) is 5.82 Å². The van der Waals surface area contributed by atoms with Gasteiger partial charge in [-0.1, -0.05) is 25.1 Å². The average molecular weight is 503 g/mol. The number of fused-ring (bicyclic) bond motifs is 1. The van der Waals surface area contributed by atoms with Crippen LogP contribution in [0.4, 0.5) is 4.39 Å². The molecule has 3 heterocycles. The molecule has 0 fully saturated rings. The van der Waals surface area contributed by atoms with Crippen LogP contribution in [0.15, 0.2) is 59.4 Å². The lowest BCUT2D eigenvalue weighted by molar-refractivity contribution is 0.211. The summed E-state index contributed by atoms with van der Waals surface area (Å²) < 4.78 is 20.6. The summed E-state index contributed by atoms with van der Waals surface area (Å²) in [7, 11) is 1.60. The van der Waals surface area contributed by atoms with Crippen molar-refractivity contribution in [1.29, 1.82) is 0 Å². The van der Waals surface area contributed by atoms with E-state index in [4.69, 9.17) is 4.74 Å². The molecular weight excluding hydrogens is 471 g/mol. The topological polar surface area (TPSA) is 88.9 Å². The summed E-state index contributed by atoms with van der Waals surface area (Å²) in [6, 6.07) is 13.7. The molecule has 2 aromatic heterocycles. The number of benzene rings is 2. The lowest BCUT2D eigenvalue weighted by atomic mass is 9.95. The van der Waals surface area contributed by atoms with Crippen molar-refractivity contribution < 1.29 is 9.13 Å². The van der Waals surface area contributed by atoms with Gasteiger partial charge < -0.3 is 9.72 Å². The first-order chi connectivity index (χ1) is 17.8. The number of aromatic nitrogens is 5. The number of tetrazole rings is 1. The van der Waals surface area contributed by atoms with Gasteiger partial charge in [-0.2, -0.15) is 0 Å². The highest BCUT2D eigenvalue weighted by atomic mass is 19.1. The van der Waals surface area contributed by atoms with Gasteiger partial charge in [0.15, 0.2) is 5.82 Å². The fourth-order valence-electron chi connectivity index (χ4n) is 4.82. The summed E-state index contributed by atoms with van der Waals surface area (Å²) in [5.74, 6) is 1.06. The molecule has 1 N–H and O–H groups in total. The van der Waals surface area contributed by atoms with E-state index >= 15 is 0 Å². The summed E-state index contributed by atoms with van der Waals surface area (Å²) in [4.78, 5) is 18.8. The Labute approximate surface area is 214 Å². The third-order valence-corrected chi connectivity index (χ3v) is 7.37. The van der Waals surface area contributed by atoms with Gasteiger partial charge in [-0.15, -0.1) is 5.10 Å². The molecule has 2 aromatic carbocycles. The molecule has 8 nitrogen and oxygen atoms in total. The van der Waals surface area contributed by atoms with Gasteiger partial charge in [-0.25, -0.2) is 9.07 Å². The Morgan fingerprint density at radius 1 is 1.16 bits per heavy atom. The molecule has 9 heteroatoms. The lowest BCUT2D eigenvalue weighted by Gasteiger charge is -2.35. The quantitative estimate of drug-likeness (QED) is 0.395. The van der Waals surface area contributed by atoms with Crippen LogP contribution in [0.5, 0.6) is 5.75 Å². The minimum Gasteiger partial charge on any atom is -0.497 e. The second kappa shape index (κ2) is 9.89. The number of ether oxygens (including phenoxy) is 1. The van der Waals surface area contributed by atoms with E-state index < -0.39 is 6.04 Å². The highest BCUT2D eigenvalue weighted by molar-refractivity contribution is 5.80. The van der Waals surface area contributed by atoms with Gasteiger partial charge in [0.25, 0.3) is 5.56 Å². The third kappa shape index (κ3) is 4.79. The number of hydrogen-bond acceptors (Lipinski definition) is 6. The smallest absolute Gasteiger partial charge is 0.253 e. The summed E-state index contributed by atoms with van der Waals surface area (Å²) in [6.07, 6.45) is 3.72. The van der Waals surface area contributed by atoms with Crippen molar-refractivity contribution in [2.45, 2.75) is 45.2 Å². The van der Waals surface area contributed by atoms with Crippen molar-refractivity contribution in [3.05, 3.63) is 87.7 Å². The monoisotopic (exact) mass is 502 g/mol. The maximum atomic E-state index is 13.5. The Morgan fingerprint density at radius 2 is 1.95 bits per heavy atom. The Bertz CT molecular complexity index is 1510. The van der Waals surface area contributed by atoms with Gasteiger partial charge in [0.1, 0.15) is 17.6 Å². The SMILES string of the molecule is CCC(C)(C)n1nnnc1C(c1cc2ccc(OC)cc2[nH]c1=O)N1CC=C(c2ccc(F)cc2)CC1. The van der Waals surface area contributed by atoms with Gasteiger partial charge in [0.05, 0.1) is 18.2 Å². The van der Waals surface area contributed by atoms with E-state index in [0.29, 0.717) is 35.7 Å². The standard InChI is InChI=1S/C28H31FN6O2/c1-5-28(2,3)35-26(31-32-33-35)25(23-16-20-8-11-22(37-4)17-24(20)30-27(23)36)34-14-12-19(13-15-34)18-6-9-21(29)10-7-18/h6-12,16-17,25H,5,13-15H2,1-4H3,(H,30,36). The first kappa shape index (κ1) is 24.8. The minimum absolute atomic E-state index is 0.192. The predicted octanol–water partition coefficient (Wildman–Crippen LogP) is 4.69. The van der Waals surface area contributed by atoms with E-state index in [1.54, 1.807) is 19.2 Å². The Morgan fingerprint density at radius 3 is 2.62 bits per heavy atom. The van der Waals surface area contributed by atoms with E-state index in [2.05, 4.69) is 52.3 Å². The zero-order valence-corrected chi connectivity index (χ0v) is 21.5. The van der Waals surface area contributed by atoms with Crippen LogP contribution in [-0.4, -0.2) is 50.3 Å². The highest BCUT2D eigenvalue weighted by Gasteiger charge is 2.35. The van der Waals surface area contributed by atoms with Gasteiger partial charge in [0.2, 0.25) is 0 Å². The first-order valence-electron chi connectivity index (χ1n) is 12.5. The second-order valence-electron chi connectivity index (χ2n) is 10.0. The molecule has 37 heavy (non-hydrogen) atoms. The molecule has 0 bridgehead atoms. The molecular formula is C28H31FN6O2. The Hall–Kier alpha value is -3.85. The van der Waals surface area contributed by atoms with Gasteiger partial charge in [0, 0.05) is 24.7 Å². The number of methoxy groups -OCH3 is 1. The second-order valence-corrected chi connectivity index (χ2v) is 10.0. The first-order valence-corrected chi connectivity index (χ1v) is 12.5. The Kier molecular flexibility index (Phi) is 6.64. The Balaban J connectivity index is 1.60. The molecule has 0 amide bonds. The maximum absolute atomic E-state index is 13.5. The summed E-state index contributed by atoms with van der Waals surface area (Å²) >= 11 is 0. The number of nitrogens with zero attached hydrogens (tertiary/aromatic N) is 5. The number of pyridine rings is 1. The molecule has 1 atom stereocenters.